The van der Waals surface area contributed by atoms with Crippen LogP contribution in [-0.2, 0) is 6.61 Å². The number of hydrogen-bond acceptors (Lipinski definition) is 6. The van der Waals surface area contributed by atoms with Gasteiger partial charge in [-0.15, -0.1) is 11.3 Å². The van der Waals surface area contributed by atoms with E-state index in [-0.39, 0.29) is 0 Å². The van der Waals surface area contributed by atoms with Crippen LogP contribution in [0, 0.1) is 20.8 Å². The van der Waals surface area contributed by atoms with E-state index in [9.17, 15) is 0 Å². The van der Waals surface area contributed by atoms with E-state index in [1.54, 1.807) is 24.7 Å². The molecule has 3 rings (SSSR count). The van der Waals surface area contributed by atoms with Gasteiger partial charge in [0.15, 0.2) is 11.5 Å². The summed E-state index contributed by atoms with van der Waals surface area (Å²) >= 11 is 1.58. The van der Waals surface area contributed by atoms with Gasteiger partial charge in [0.25, 0.3) is 0 Å². The lowest BCUT2D eigenvalue weighted by Gasteiger charge is -2.11. The standard InChI is InChI=1S/C21H23N3O2S/c1-14-5-7-17(8-6-14)13-26-20-11-18(9-10-19(20)25-4)12-22-24-21-23-15(2)16(3)27-21/h5-12H,13H2,1-4H3,(H,23,24)/b22-12-. The lowest BCUT2D eigenvalue weighted by molar-refractivity contribution is 0.284. The lowest BCUT2D eigenvalue weighted by Crippen LogP contribution is -1.99. The number of anilines is 1. The van der Waals surface area contributed by atoms with Crippen LogP contribution in [0.4, 0.5) is 5.13 Å². The van der Waals surface area contributed by atoms with Crippen LogP contribution in [0.2, 0.25) is 0 Å². The van der Waals surface area contributed by atoms with E-state index in [1.807, 2.05) is 32.0 Å². The fraction of sp³-hybridized carbons (Fsp3) is 0.238. The second-order valence-corrected chi connectivity index (χ2v) is 7.42. The quantitative estimate of drug-likeness (QED) is 0.457. The van der Waals surface area contributed by atoms with Crippen LogP contribution in [0.15, 0.2) is 47.6 Å². The molecule has 0 saturated heterocycles. The molecule has 0 bridgehead atoms. The van der Waals surface area contributed by atoms with Gasteiger partial charge in [-0.05, 0) is 50.1 Å². The van der Waals surface area contributed by atoms with Crippen molar-refractivity contribution in [2.75, 3.05) is 12.5 Å². The number of nitrogens with one attached hydrogen (secondary N) is 1. The molecule has 140 valence electrons. The first-order valence-corrected chi connectivity index (χ1v) is 9.46. The first-order chi connectivity index (χ1) is 13.0. The SMILES string of the molecule is COc1ccc(/C=N\Nc2nc(C)c(C)s2)cc1OCc1ccc(C)cc1. The van der Waals surface area contributed by atoms with Gasteiger partial charge in [0, 0.05) is 4.88 Å². The minimum absolute atomic E-state index is 0.479. The van der Waals surface area contributed by atoms with Gasteiger partial charge in [0.2, 0.25) is 5.13 Å². The minimum atomic E-state index is 0.479. The molecule has 0 atom stereocenters. The number of rotatable bonds is 7. The highest BCUT2D eigenvalue weighted by Gasteiger charge is 2.06. The Morgan fingerprint density at radius 1 is 1.07 bits per heavy atom. The van der Waals surface area contributed by atoms with Crippen LogP contribution in [0.5, 0.6) is 11.5 Å². The van der Waals surface area contributed by atoms with Crippen LogP contribution in [0.25, 0.3) is 0 Å². The first-order valence-electron chi connectivity index (χ1n) is 8.64. The maximum atomic E-state index is 5.96. The fourth-order valence-electron chi connectivity index (χ4n) is 2.41. The molecular formula is C21H23N3O2S. The Morgan fingerprint density at radius 2 is 1.85 bits per heavy atom. The van der Waals surface area contributed by atoms with Gasteiger partial charge in [-0.3, -0.25) is 5.43 Å². The van der Waals surface area contributed by atoms with Gasteiger partial charge in [0.05, 0.1) is 19.0 Å². The number of nitrogens with zero attached hydrogens (tertiary/aromatic N) is 2. The zero-order chi connectivity index (χ0) is 19.2. The third-order valence-corrected chi connectivity index (χ3v) is 5.08. The highest BCUT2D eigenvalue weighted by atomic mass is 32.1. The summed E-state index contributed by atoms with van der Waals surface area (Å²) in [6.45, 7) is 6.58. The van der Waals surface area contributed by atoms with Gasteiger partial charge in [-0.2, -0.15) is 5.10 Å². The minimum Gasteiger partial charge on any atom is -0.493 e. The van der Waals surface area contributed by atoms with Crippen LogP contribution in [-0.4, -0.2) is 18.3 Å². The van der Waals surface area contributed by atoms with Gasteiger partial charge in [-0.1, -0.05) is 29.8 Å². The topological polar surface area (TPSA) is 55.7 Å². The van der Waals surface area contributed by atoms with E-state index in [1.165, 1.54) is 10.4 Å². The number of aryl methyl sites for hydroxylation is 3. The summed E-state index contributed by atoms with van der Waals surface area (Å²) in [5, 5.41) is 5.05. The second kappa shape index (κ2) is 8.68. The summed E-state index contributed by atoms with van der Waals surface area (Å²) < 4.78 is 11.4. The molecule has 0 spiro atoms. The summed E-state index contributed by atoms with van der Waals surface area (Å²) in [4.78, 5) is 5.59. The zero-order valence-electron chi connectivity index (χ0n) is 15.9. The molecule has 0 aliphatic heterocycles. The molecule has 0 aliphatic carbocycles. The van der Waals surface area contributed by atoms with Gasteiger partial charge < -0.3 is 9.47 Å². The fourth-order valence-corrected chi connectivity index (χ4v) is 3.18. The predicted molar refractivity (Wildman–Crippen MR) is 111 cm³/mol. The Hall–Kier alpha value is -2.86. The third-order valence-electron chi connectivity index (χ3n) is 4.10. The molecule has 0 saturated carbocycles. The van der Waals surface area contributed by atoms with Crippen molar-refractivity contribution in [1.82, 2.24) is 4.98 Å². The molecule has 0 fully saturated rings. The summed E-state index contributed by atoms with van der Waals surface area (Å²) in [5.41, 5.74) is 7.24. The molecule has 0 unspecified atom stereocenters. The summed E-state index contributed by atoms with van der Waals surface area (Å²) in [6.07, 6.45) is 1.74. The molecule has 1 heterocycles. The average Bonchev–Trinajstić information content (AvgIpc) is 2.99. The maximum Gasteiger partial charge on any atom is 0.203 e. The van der Waals surface area contributed by atoms with Gasteiger partial charge >= 0.3 is 0 Å². The number of aromatic nitrogens is 1. The summed E-state index contributed by atoms with van der Waals surface area (Å²) in [6, 6.07) is 14.0. The van der Waals surface area contributed by atoms with Crippen molar-refractivity contribution >= 4 is 22.7 Å². The molecule has 3 aromatic rings. The van der Waals surface area contributed by atoms with Crippen molar-refractivity contribution in [3.63, 3.8) is 0 Å². The normalized spacial score (nSPS) is 11.0. The van der Waals surface area contributed by atoms with Crippen molar-refractivity contribution in [2.45, 2.75) is 27.4 Å². The number of hydrogen-bond donors (Lipinski definition) is 1. The Bertz CT molecular complexity index is 914. The summed E-state index contributed by atoms with van der Waals surface area (Å²) in [7, 11) is 1.64. The smallest absolute Gasteiger partial charge is 0.203 e. The number of thiazole rings is 1. The van der Waals surface area contributed by atoms with E-state index >= 15 is 0 Å². The molecule has 1 N–H and O–H groups in total. The van der Waals surface area contributed by atoms with E-state index in [4.69, 9.17) is 9.47 Å². The van der Waals surface area contributed by atoms with Crippen LogP contribution in [0.3, 0.4) is 0 Å². The van der Waals surface area contributed by atoms with E-state index < -0.39 is 0 Å². The number of hydrazone groups is 1. The number of benzene rings is 2. The Morgan fingerprint density at radius 3 is 2.52 bits per heavy atom. The molecule has 1 aromatic heterocycles. The maximum absolute atomic E-state index is 5.96. The molecular weight excluding hydrogens is 358 g/mol. The summed E-state index contributed by atoms with van der Waals surface area (Å²) in [5.74, 6) is 1.38. The largest absolute Gasteiger partial charge is 0.493 e. The van der Waals surface area contributed by atoms with E-state index in [2.05, 4.69) is 46.7 Å². The molecule has 5 nitrogen and oxygen atoms in total. The monoisotopic (exact) mass is 381 g/mol. The Labute approximate surface area is 163 Å². The van der Waals surface area contributed by atoms with Crippen LogP contribution < -0.4 is 14.9 Å². The second-order valence-electron chi connectivity index (χ2n) is 6.22. The van der Waals surface area contributed by atoms with Crippen LogP contribution >= 0.6 is 11.3 Å². The van der Waals surface area contributed by atoms with Crippen molar-refractivity contribution in [1.29, 1.82) is 0 Å². The van der Waals surface area contributed by atoms with Gasteiger partial charge in [0.1, 0.15) is 6.61 Å². The van der Waals surface area contributed by atoms with Crippen molar-refractivity contribution in [3.05, 3.63) is 69.7 Å². The average molecular weight is 382 g/mol. The highest BCUT2D eigenvalue weighted by Crippen LogP contribution is 2.28. The van der Waals surface area contributed by atoms with Crippen molar-refractivity contribution in [3.8, 4) is 11.5 Å². The Balaban J connectivity index is 1.68. The molecule has 27 heavy (non-hydrogen) atoms. The third kappa shape index (κ3) is 5.08. The molecule has 0 amide bonds. The Kier molecular flexibility index (Phi) is 6.08. The van der Waals surface area contributed by atoms with E-state index in [0.717, 1.165) is 22.0 Å². The van der Waals surface area contributed by atoms with E-state index in [0.29, 0.717) is 18.1 Å². The molecule has 2 aromatic carbocycles. The van der Waals surface area contributed by atoms with Crippen molar-refractivity contribution < 1.29 is 9.47 Å². The predicted octanol–water partition coefficient (Wildman–Crippen LogP) is 5.10. The highest BCUT2D eigenvalue weighted by molar-refractivity contribution is 7.15. The molecule has 0 aliphatic rings. The first kappa shape index (κ1) is 18.9. The van der Waals surface area contributed by atoms with Crippen LogP contribution in [0.1, 0.15) is 27.3 Å². The molecule has 6 heteroatoms. The number of ether oxygens (including phenoxy) is 2. The van der Waals surface area contributed by atoms with Gasteiger partial charge in [-0.25, -0.2) is 4.98 Å². The zero-order valence-corrected chi connectivity index (χ0v) is 16.8. The van der Waals surface area contributed by atoms with Crippen molar-refractivity contribution in [2.24, 2.45) is 5.10 Å². The lowest BCUT2D eigenvalue weighted by atomic mass is 10.1. The molecule has 0 radical (unpaired) electrons. The number of methoxy groups -OCH3 is 1.